The molecular weight excluding hydrogens is 190 g/mol. The summed E-state index contributed by atoms with van der Waals surface area (Å²) < 4.78 is 7.03. The quantitative estimate of drug-likeness (QED) is 0.772. The highest BCUT2D eigenvalue weighted by Gasteiger charge is 1.99. The van der Waals surface area contributed by atoms with Gasteiger partial charge in [-0.1, -0.05) is 0 Å². The van der Waals surface area contributed by atoms with Gasteiger partial charge in [0.1, 0.15) is 5.65 Å². The van der Waals surface area contributed by atoms with Gasteiger partial charge in [-0.05, 0) is 13.0 Å². The fourth-order valence-electron chi connectivity index (χ4n) is 1.51. The van der Waals surface area contributed by atoms with Crippen LogP contribution in [0.5, 0.6) is 0 Å². The third kappa shape index (κ3) is 2.10. The maximum absolute atomic E-state index is 4.97. The number of rotatable bonds is 4. The smallest absolute Gasteiger partial charge is 0.138 e. The standard InChI is InChI=1S/C11H15N3O/c1-9-8-13-11-7-10(3-5-14(9)11)12-4-6-15-2/h3,5,7-8,12H,4,6H2,1-2H3. The van der Waals surface area contributed by atoms with Crippen molar-refractivity contribution in [2.45, 2.75) is 6.92 Å². The average molecular weight is 205 g/mol. The zero-order chi connectivity index (χ0) is 10.7. The monoisotopic (exact) mass is 205 g/mol. The number of hydrogen-bond donors (Lipinski definition) is 1. The Morgan fingerprint density at radius 2 is 2.40 bits per heavy atom. The first-order valence-electron chi connectivity index (χ1n) is 4.98. The number of pyridine rings is 1. The van der Waals surface area contributed by atoms with Crippen LogP contribution in [0.25, 0.3) is 5.65 Å². The van der Waals surface area contributed by atoms with Crippen molar-refractivity contribution in [2.24, 2.45) is 0 Å². The number of nitrogens with zero attached hydrogens (tertiary/aromatic N) is 2. The molecule has 4 heteroatoms. The van der Waals surface area contributed by atoms with Crippen molar-refractivity contribution in [1.29, 1.82) is 0 Å². The molecule has 0 aromatic carbocycles. The number of methoxy groups -OCH3 is 1. The Hall–Kier alpha value is -1.55. The van der Waals surface area contributed by atoms with E-state index in [0.717, 1.165) is 23.6 Å². The van der Waals surface area contributed by atoms with Gasteiger partial charge >= 0.3 is 0 Å². The molecule has 4 nitrogen and oxygen atoms in total. The largest absolute Gasteiger partial charge is 0.383 e. The molecule has 80 valence electrons. The van der Waals surface area contributed by atoms with Crippen LogP contribution in [0.4, 0.5) is 5.69 Å². The Morgan fingerprint density at radius 3 is 3.20 bits per heavy atom. The summed E-state index contributed by atoms with van der Waals surface area (Å²) in [5.74, 6) is 0. The summed E-state index contributed by atoms with van der Waals surface area (Å²) in [6, 6.07) is 4.07. The van der Waals surface area contributed by atoms with Crippen molar-refractivity contribution in [2.75, 3.05) is 25.6 Å². The lowest BCUT2D eigenvalue weighted by Gasteiger charge is -2.05. The second-order valence-electron chi connectivity index (χ2n) is 3.46. The SMILES string of the molecule is COCCNc1ccn2c(C)cnc2c1. The highest BCUT2D eigenvalue weighted by atomic mass is 16.5. The summed E-state index contributed by atoms with van der Waals surface area (Å²) in [5, 5.41) is 3.27. The van der Waals surface area contributed by atoms with Crippen LogP contribution < -0.4 is 5.32 Å². The van der Waals surface area contributed by atoms with Gasteiger partial charge in [0.25, 0.3) is 0 Å². The topological polar surface area (TPSA) is 38.6 Å². The summed E-state index contributed by atoms with van der Waals surface area (Å²) in [6.45, 7) is 3.56. The van der Waals surface area contributed by atoms with E-state index >= 15 is 0 Å². The van der Waals surface area contributed by atoms with Gasteiger partial charge in [0.05, 0.1) is 6.61 Å². The molecule has 0 aliphatic heterocycles. The van der Waals surface area contributed by atoms with Gasteiger partial charge < -0.3 is 14.5 Å². The summed E-state index contributed by atoms with van der Waals surface area (Å²) in [4.78, 5) is 4.30. The van der Waals surface area contributed by atoms with Crippen LogP contribution in [0, 0.1) is 6.92 Å². The van der Waals surface area contributed by atoms with Crippen LogP contribution in [0.1, 0.15) is 5.69 Å². The number of fused-ring (bicyclic) bond motifs is 1. The first-order valence-corrected chi connectivity index (χ1v) is 4.98. The minimum absolute atomic E-state index is 0.707. The molecule has 0 aliphatic rings. The summed E-state index contributed by atoms with van der Waals surface area (Å²) >= 11 is 0. The van der Waals surface area contributed by atoms with Crippen molar-refractivity contribution in [3.05, 3.63) is 30.2 Å². The zero-order valence-electron chi connectivity index (χ0n) is 9.03. The Labute approximate surface area is 88.9 Å². The number of ether oxygens (including phenoxy) is 1. The van der Waals surface area contributed by atoms with Crippen LogP contribution in [-0.2, 0) is 4.74 Å². The van der Waals surface area contributed by atoms with Crippen LogP contribution in [0.15, 0.2) is 24.5 Å². The first-order chi connectivity index (χ1) is 7.31. The molecule has 0 spiro atoms. The molecule has 1 N–H and O–H groups in total. The molecule has 15 heavy (non-hydrogen) atoms. The van der Waals surface area contributed by atoms with E-state index in [2.05, 4.69) is 14.7 Å². The molecular formula is C11H15N3O. The number of hydrogen-bond acceptors (Lipinski definition) is 3. The molecule has 0 atom stereocenters. The Morgan fingerprint density at radius 1 is 1.53 bits per heavy atom. The van der Waals surface area contributed by atoms with E-state index in [1.54, 1.807) is 7.11 Å². The lowest BCUT2D eigenvalue weighted by molar-refractivity contribution is 0.211. The predicted octanol–water partition coefficient (Wildman–Crippen LogP) is 1.70. The van der Waals surface area contributed by atoms with E-state index in [1.807, 2.05) is 31.5 Å². The minimum atomic E-state index is 0.707. The van der Waals surface area contributed by atoms with E-state index in [9.17, 15) is 0 Å². The summed E-state index contributed by atoms with van der Waals surface area (Å²) in [5.41, 5.74) is 3.19. The fraction of sp³-hybridized carbons (Fsp3) is 0.364. The highest BCUT2D eigenvalue weighted by Crippen LogP contribution is 2.12. The summed E-state index contributed by atoms with van der Waals surface area (Å²) in [6.07, 6.45) is 3.89. The van der Waals surface area contributed by atoms with E-state index < -0.39 is 0 Å². The molecule has 0 amide bonds. The average Bonchev–Trinajstić information content (AvgIpc) is 2.61. The number of aryl methyl sites for hydroxylation is 1. The normalized spacial score (nSPS) is 10.8. The van der Waals surface area contributed by atoms with Gasteiger partial charge in [0, 0.05) is 43.5 Å². The predicted molar refractivity (Wildman–Crippen MR) is 60.3 cm³/mol. The second kappa shape index (κ2) is 4.31. The molecule has 2 heterocycles. The number of nitrogens with one attached hydrogen (secondary N) is 1. The van der Waals surface area contributed by atoms with E-state index in [4.69, 9.17) is 4.74 Å². The lowest BCUT2D eigenvalue weighted by Crippen LogP contribution is -2.07. The van der Waals surface area contributed by atoms with Crippen LogP contribution in [-0.4, -0.2) is 29.6 Å². The van der Waals surface area contributed by atoms with Gasteiger partial charge in [0.15, 0.2) is 0 Å². The van der Waals surface area contributed by atoms with Gasteiger partial charge in [-0.3, -0.25) is 0 Å². The van der Waals surface area contributed by atoms with Crippen molar-refractivity contribution in [1.82, 2.24) is 9.38 Å². The van der Waals surface area contributed by atoms with Crippen LogP contribution >= 0.6 is 0 Å². The molecule has 0 fully saturated rings. The minimum Gasteiger partial charge on any atom is -0.383 e. The van der Waals surface area contributed by atoms with E-state index in [0.29, 0.717) is 6.61 Å². The van der Waals surface area contributed by atoms with Gasteiger partial charge in [-0.25, -0.2) is 4.98 Å². The number of anilines is 1. The second-order valence-corrected chi connectivity index (χ2v) is 3.46. The number of imidazole rings is 1. The third-order valence-electron chi connectivity index (χ3n) is 2.33. The maximum atomic E-state index is 4.97. The van der Waals surface area contributed by atoms with Crippen molar-refractivity contribution in [3.63, 3.8) is 0 Å². The Bertz CT molecular complexity index is 450. The third-order valence-corrected chi connectivity index (χ3v) is 2.33. The van der Waals surface area contributed by atoms with Gasteiger partial charge in [-0.2, -0.15) is 0 Å². The zero-order valence-corrected chi connectivity index (χ0v) is 9.03. The fourth-order valence-corrected chi connectivity index (χ4v) is 1.51. The molecule has 0 saturated heterocycles. The van der Waals surface area contributed by atoms with Gasteiger partial charge in [-0.15, -0.1) is 0 Å². The van der Waals surface area contributed by atoms with Crippen LogP contribution in [0.2, 0.25) is 0 Å². The molecule has 0 bridgehead atoms. The highest BCUT2D eigenvalue weighted by molar-refractivity contribution is 5.55. The summed E-state index contributed by atoms with van der Waals surface area (Å²) in [7, 11) is 1.70. The number of aromatic nitrogens is 2. The van der Waals surface area contributed by atoms with Crippen LogP contribution in [0.3, 0.4) is 0 Å². The molecule has 0 saturated carbocycles. The molecule has 0 radical (unpaired) electrons. The van der Waals surface area contributed by atoms with Crippen molar-refractivity contribution < 1.29 is 4.74 Å². The molecule has 0 aliphatic carbocycles. The molecule has 2 rings (SSSR count). The molecule has 0 unspecified atom stereocenters. The molecule has 2 aromatic heterocycles. The van der Waals surface area contributed by atoms with Gasteiger partial charge in [0.2, 0.25) is 0 Å². The Balaban J connectivity index is 2.16. The van der Waals surface area contributed by atoms with Crippen molar-refractivity contribution >= 4 is 11.3 Å². The Kier molecular flexibility index (Phi) is 2.87. The molecule has 2 aromatic rings. The van der Waals surface area contributed by atoms with E-state index in [1.165, 1.54) is 0 Å². The first kappa shape index (κ1) is 9.98. The maximum Gasteiger partial charge on any atom is 0.138 e. The van der Waals surface area contributed by atoms with Crippen molar-refractivity contribution in [3.8, 4) is 0 Å². The van der Waals surface area contributed by atoms with E-state index in [-0.39, 0.29) is 0 Å². The lowest BCUT2D eigenvalue weighted by atomic mass is 10.4.